The molecule has 0 fully saturated rings. The molecular weight excluding hydrogens is 290 g/mol. The molecule has 0 aliphatic carbocycles. The number of nitrogens with zero attached hydrogens (tertiary/aromatic N) is 4. The SMILES string of the molecule is Cc1csc(NN=Cc2ccc(-c3csnn3)cc2)n1. The van der Waals surface area contributed by atoms with Crippen LogP contribution in [0.3, 0.4) is 0 Å². The normalized spacial score (nSPS) is 11.1. The Morgan fingerprint density at radius 1 is 1.20 bits per heavy atom. The molecule has 100 valence electrons. The number of nitrogens with one attached hydrogen (secondary N) is 1. The highest BCUT2D eigenvalue weighted by atomic mass is 32.1. The third kappa shape index (κ3) is 3.06. The van der Waals surface area contributed by atoms with E-state index in [2.05, 4.69) is 25.1 Å². The molecule has 0 saturated heterocycles. The van der Waals surface area contributed by atoms with E-state index in [-0.39, 0.29) is 0 Å². The zero-order chi connectivity index (χ0) is 13.8. The van der Waals surface area contributed by atoms with Gasteiger partial charge in [0, 0.05) is 16.3 Å². The number of hydrogen-bond acceptors (Lipinski definition) is 7. The number of rotatable bonds is 4. The molecule has 0 atom stereocenters. The molecule has 7 heteroatoms. The summed E-state index contributed by atoms with van der Waals surface area (Å²) in [7, 11) is 0. The van der Waals surface area contributed by atoms with Crippen molar-refractivity contribution in [1.29, 1.82) is 0 Å². The molecule has 0 saturated carbocycles. The molecule has 2 heterocycles. The highest BCUT2D eigenvalue weighted by molar-refractivity contribution is 7.13. The molecular formula is C13H11N5S2. The van der Waals surface area contributed by atoms with Gasteiger partial charge < -0.3 is 0 Å². The quantitative estimate of drug-likeness (QED) is 0.592. The average Bonchev–Trinajstić information content (AvgIpc) is 3.11. The fourth-order valence-corrected chi connectivity index (χ4v) is 2.70. The molecule has 0 radical (unpaired) electrons. The Hall–Kier alpha value is -2.12. The number of hydrogen-bond donors (Lipinski definition) is 1. The number of hydrazone groups is 1. The maximum Gasteiger partial charge on any atom is 0.203 e. The molecule has 20 heavy (non-hydrogen) atoms. The van der Waals surface area contributed by atoms with Crippen LogP contribution in [-0.2, 0) is 0 Å². The highest BCUT2D eigenvalue weighted by Gasteiger charge is 2.00. The van der Waals surface area contributed by atoms with Crippen LogP contribution >= 0.6 is 22.9 Å². The number of thiazole rings is 1. The van der Waals surface area contributed by atoms with Crippen LogP contribution in [0.15, 0.2) is 40.1 Å². The lowest BCUT2D eigenvalue weighted by atomic mass is 10.1. The van der Waals surface area contributed by atoms with E-state index in [0.717, 1.165) is 27.6 Å². The predicted molar refractivity (Wildman–Crippen MR) is 83.4 cm³/mol. The van der Waals surface area contributed by atoms with E-state index in [1.165, 1.54) is 22.9 Å². The first-order chi connectivity index (χ1) is 9.81. The Bertz CT molecular complexity index is 701. The van der Waals surface area contributed by atoms with Gasteiger partial charge in [0.25, 0.3) is 0 Å². The summed E-state index contributed by atoms with van der Waals surface area (Å²) in [5, 5.41) is 12.9. The van der Waals surface area contributed by atoms with E-state index in [1.807, 2.05) is 41.9 Å². The number of anilines is 1. The first-order valence-electron chi connectivity index (χ1n) is 5.90. The van der Waals surface area contributed by atoms with Crippen molar-refractivity contribution in [3.63, 3.8) is 0 Å². The van der Waals surface area contributed by atoms with Gasteiger partial charge in [0.05, 0.1) is 11.9 Å². The van der Waals surface area contributed by atoms with Gasteiger partial charge in [-0.25, -0.2) is 4.98 Å². The topological polar surface area (TPSA) is 63.1 Å². The third-order valence-electron chi connectivity index (χ3n) is 2.56. The number of aromatic nitrogens is 3. The molecule has 3 aromatic rings. The van der Waals surface area contributed by atoms with Crippen LogP contribution in [0.1, 0.15) is 11.3 Å². The van der Waals surface area contributed by atoms with Crippen molar-refractivity contribution >= 4 is 34.2 Å². The lowest BCUT2D eigenvalue weighted by Gasteiger charge is -1.97. The van der Waals surface area contributed by atoms with Gasteiger partial charge >= 0.3 is 0 Å². The van der Waals surface area contributed by atoms with E-state index in [4.69, 9.17) is 0 Å². The first-order valence-corrected chi connectivity index (χ1v) is 7.61. The smallest absolute Gasteiger partial charge is 0.203 e. The second-order valence-electron chi connectivity index (χ2n) is 4.08. The van der Waals surface area contributed by atoms with Gasteiger partial charge in [-0.2, -0.15) is 5.10 Å². The lowest BCUT2D eigenvalue weighted by molar-refractivity contribution is 1.16. The largest absolute Gasteiger partial charge is 0.253 e. The summed E-state index contributed by atoms with van der Waals surface area (Å²) in [6, 6.07) is 8.00. The molecule has 3 rings (SSSR count). The maximum absolute atomic E-state index is 4.27. The van der Waals surface area contributed by atoms with E-state index in [1.54, 1.807) is 6.21 Å². The van der Waals surface area contributed by atoms with Gasteiger partial charge in [-0.3, -0.25) is 5.43 Å². The number of aryl methyl sites for hydroxylation is 1. The number of benzene rings is 1. The molecule has 0 aliphatic rings. The van der Waals surface area contributed by atoms with Crippen LogP contribution in [0.5, 0.6) is 0 Å². The Balaban J connectivity index is 1.66. The van der Waals surface area contributed by atoms with Crippen LogP contribution in [0.2, 0.25) is 0 Å². The fourth-order valence-electron chi connectivity index (χ4n) is 1.60. The van der Waals surface area contributed by atoms with Crippen LogP contribution in [-0.4, -0.2) is 20.8 Å². The van der Waals surface area contributed by atoms with Crippen molar-refractivity contribution in [2.45, 2.75) is 6.92 Å². The van der Waals surface area contributed by atoms with Crippen LogP contribution in [0.4, 0.5) is 5.13 Å². The zero-order valence-corrected chi connectivity index (χ0v) is 12.3. The van der Waals surface area contributed by atoms with Gasteiger partial charge in [-0.05, 0) is 24.0 Å². The Kier molecular flexibility index (Phi) is 3.80. The first kappa shape index (κ1) is 12.9. The van der Waals surface area contributed by atoms with Crippen molar-refractivity contribution in [3.8, 4) is 11.3 Å². The molecule has 0 bridgehead atoms. The minimum Gasteiger partial charge on any atom is -0.253 e. The van der Waals surface area contributed by atoms with Crippen molar-refractivity contribution in [1.82, 2.24) is 14.6 Å². The van der Waals surface area contributed by atoms with Gasteiger partial charge in [0.2, 0.25) is 5.13 Å². The van der Waals surface area contributed by atoms with Crippen LogP contribution < -0.4 is 5.43 Å². The molecule has 2 aromatic heterocycles. The highest BCUT2D eigenvalue weighted by Crippen LogP contribution is 2.18. The van der Waals surface area contributed by atoms with Gasteiger partial charge in [-0.15, -0.1) is 16.4 Å². The Morgan fingerprint density at radius 2 is 2.05 bits per heavy atom. The molecule has 0 unspecified atom stereocenters. The summed E-state index contributed by atoms with van der Waals surface area (Å²) in [5.74, 6) is 0. The van der Waals surface area contributed by atoms with Gasteiger partial charge in [0.15, 0.2) is 0 Å². The van der Waals surface area contributed by atoms with Gasteiger partial charge in [-0.1, -0.05) is 28.8 Å². The third-order valence-corrected chi connectivity index (χ3v) is 3.93. The summed E-state index contributed by atoms with van der Waals surface area (Å²) in [5.41, 5.74) is 6.87. The molecule has 0 amide bonds. The van der Waals surface area contributed by atoms with Crippen molar-refractivity contribution in [3.05, 3.63) is 46.3 Å². The summed E-state index contributed by atoms with van der Waals surface area (Å²) >= 11 is 2.88. The summed E-state index contributed by atoms with van der Waals surface area (Å²) < 4.78 is 3.86. The minimum atomic E-state index is 0.795. The lowest BCUT2D eigenvalue weighted by Crippen LogP contribution is -1.90. The molecule has 5 nitrogen and oxygen atoms in total. The molecule has 0 spiro atoms. The van der Waals surface area contributed by atoms with Crippen molar-refractivity contribution < 1.29 is 0 Å². The van der Waals surface area contributed by atoms with Crippen molar-refractivity contribution in [2.75, 3.05) is 5.43 Å². The minimum absolute atomic E-state index is 0.795. The average molecular weight is 301 g/mol. The Labute approximate surface area is 124 Å². The van der Waals surface area contributed by atoms with Crippen LogP contribution in [0, 0.1) is 6.92 Å². The van der Waals surface area contributed by atoms with E-state index < -0.39 is 0 Å². The molecule has 0 aliphatic heterocycles. The standard InChI is InChI=1S/C13H11N5S2/c1-9-7-19-13(15-9)17-14-6-10-2-4-11(5-3-10)12-8-20-18-16-12/h2-8H,1H3,(H,15,17). The second kappa shape index (κ2) is 5.89. The Morgan fingerprint density at radius 3 is 2.70 bits per heavy atom. The summed E-state index contributed by atoms with van der Waals surface area (Å²) in [4.78, 5) is 4.27. The summed E-state index contributed by atoms with van der Waals surface area (Å²) in [6.45, 7) is 1.96. The van der Waals surface area contributed by atoms with Gasteiger partial charge in [0.1, 0.15) is 5.69 Å². The van der Waals surface area contributed by atoms with Crippen molar-refractivity contribution in [2.24, 2.45) is 5.10 Å². The fraction of sp³-hybridized carbons (Fsp3) is 0.0769. The predicted octanol–water partition coefficient (Wildman–Crippen LogP) is 3.42. The van der Waals surface area contributed by atoms with E-state index >= 15 is 0 Å². The summed E-state index contributed by atoms with van der Waals surface area (Å²) in [6.07, 6.45) is 1.76. The second-order valence-corrected chi connectivity index (χ2v) is 5.54. The van der Waals surface area contributed by atoms with E-state index in [9.17, 15) is 0 Å². The molecule has 1 aromatic carbocycles. The van der Waals surface area contributed by atoms with E-state index in [0.29, 0.717) is 0 Å². The monoisotopic (exact) mass is 301 g/mol. The molecule has 1 N–H and O–H groups in total. The zero-order valence-electron chi connectivity index (χ0n) is 10.6. The maximum atomic E-state index is 4.27. The van der Waals surface area contributed by atoms with Crippen LogP contribution in [0.25, 0.3) is 11.3 Å².